The maximum atomic E-state index is 13.2. The van der Waals surface area contributed by atoms with E-state index in [-0.39, 0.29) is 12.5 Å². The van der Waals surface area contributed by atoms with Crippen molar-refractivity contribution in [3.63, 3.8) is 0 Å². The summed E-state index contributed by atoms with van der Waals surface area (Å²) in [5, 5.41) is 15.3. The molecule has 0 saturated carbocycles. The van der Waals surface area contributed by atoms with Crippen molar-refractivity contribution in [3.8, 4) is 17.6 Å². The van der Waals surface area contributed by atoms with Crippen LogP contribution >= 0.6 is 0 Å². The number of ether oxygens (including phenoxy) is 2. The molecule has 180 valence electrons. The molecule has 0 spiro atoms. The molecule has 6 heteroatoms. The van der Waals surface area contributed by atoms with Crippen LogP contribution in [0.4, 0.5) is 5.69 Å². The number of carbonyl (C=O) groups is 1. The van der Waals surface area contributed by atoms with Crippen molar-refractivity contribution >= 4 is 23.4 Å². The van der Waals surface area contributed by atoms with Crippen molar-refractivity contribution in [2.24, 2.45) is 5.10 Å². The maximum Gasteiger partial charge on any atom is 0.280 e. The SMILES string of the molecule is C=CCc1cc(/C=C2/C(=O)N(c3ccccc3)N=C2C)cc(OCC)c1OCc1ccccc1C#N. The minimum Gasteiger partial charge on any atom is -0.490 e. The molecule has 0 fully saturated rings. The number of allylic oxidation sites excluding steroid dienone is 1. The number of rotatable bonds is 9. The van der Waals surface area contributed by atoms with Gasteiger partial charge in [0.1, 0.15) is 6.61 Å². The van der Waals surface area contributed by atoms with Gasteiger partial charge in [-0.25, -0.2) is 0 Å². The number of amides is 1. The van der Waals surface area contributed by atoms with Gasteiger partial charge in [0.25, 0.3) is 5.91 Å². The second-order valence-electron chi connectivity index (χ2n) is 8.19. The second-order valence-corrected chi connectivity index (χ2v) is 8.19. The Morgan fingerprint density at radius 2 is 1.81 bits per heavy atom. The zero-order valence-corrected chi connectivity index (χ0v) is 20.4. The summed E-state index contributed by atoms with van der Waals surface area (Å²) < 4.78 is 12.1. The van der Waals surface area contributed by atoms with E-state index in [0.29, 0.717) is 47.1 Å². The fourth-order valence-corrected chi connectivity index (χ4v) is 4.00. The van der Waals surface area contributed by atoms with Gasteiger partial charge in [0, 0.05) is 11.1 Å². The number of hydrogen-bond acceptors (Lipinski definition) is 5. The van der Waals surface area contributed by atoms with Crippen LogP contribution in [0.5, 0.6) is 11.5 Å². The molecule has 6 nitrogen and oxygen atoms in total. The lowest BCUT2D eigenvalue weighted by atomic mass is 10.0. The summed E-state index contributed by atoms with van der Waals surface area (Å²) in [6.07, 6.45) is 4.17. The molecule has 36 heavy (non-hydrogen) atoms. The fourth-order valence-electron chi connectivity index (χ4n) is 4.00. The normalized spacial score (nSPS) is 13.9. The summed E-state index contributed by atoms with van der Waals surface area (Å²) in [5.41, 5.74) is 4.91. The van der Waals surface area contributed by atoms with Gasteiger partial charge in [0.15, 0.2) is 11.5 Å². The molecule has 3 aromatic carbocycles. The smallest absolute Gasteiger partial charge is 0.280 e. The summed E-state index contributed by atoms with van der Waals surface area (Å²) in [7, 11) is 0. The maximum absolute atomic E-state index is 13.2. The first kappa shape index (κ1) is 24.5. The van der Waals surface area contributed by atoms with E-state index >= 15 is 0 Å². The topological polar surface area (TPSA) is 74.9 Å². The van der Waals surface area contributed by atoms with Crippen molar-refractivity contribution in [2.75, 3.05) is 11.6 Å². The molecule has 1 aliphatic rings. The molecule has 0 aromatic heterocycles. The average Bonchev–Trinajstić information content (AvgIpc) is 3.17. The molecule has 1 aliphatic heterocycles. The van der Waals surface area contributed by atoms with Crippen molar-refractivity contribution in [3.05, 3.63) is 107 Å². The Bertz CT molecular complexity index is 1380. The van der Waals surface area contributed by atoms with E-state index in [4.69, 9.17) is 9.47 Å². The molecule has 0 atom stereocenters. The lowest BCUT2D eigenvalue weighted by molar-refractivity contribution is -0.114. The number of para-hydroxylation sites is 1. The first-order valence-electron chi connectivity index (χ1n) is 11.7. The summed E-state index contributed by atoms with van der Waals surface area (Å²) in [5.74, 6) is 0.981. The standard InChI is InChI=1S/C30H27N3O3/c1-4-11-23-16-22(17-27-21(3)32-33(30(27)34)26-14-7-6-8-15-26)18-28(35-5-2)29(23)36-20-25-13-10-9-12-24(25)19-31/h4,6-10,12-18H,1,5,11,20H2,2-3H3/b27-17+. The molecule has 3 aromatic rings. The zero-order valence-electron chi connectivity index (χ0n) is 20.4. The lowest BCUT2D eigenvalue weighted by Crippen LogP contribution is -2.21. The highest BCUT2D eigenvalue weighted by Crippen LogP contribution is 2.36. The Hall–Kier alpha value is -4.63. The molecule has 1 amide bonds. The van der Waals surface area contributed by atoms with Gasteiger partial charge in [-0.1, -0.05) is 42.5 Å². The Morgan fingerprint density at radius 3 is 2.53 bits per heavy atom. The van der Waals surface area contributed by atoms with Crippen molar-refractivity contribution in [1.82, 2.24) is 0 Å². The minimum absolute atomic E-state index is 0.185. The van der Waals surface area contributed by atoms with Gasteiger partial charge in [-0.3, -0.25) is 4.79 Å². The minimum atomic E-state index is -0.185. The van der Waals surface area contributed by atoms with Crippen molar-refractivity contribution in [2.45, 2.75) is 26.9 Å². The first-order chi connectivity index (χ1) is 17.5. The molecular formula is C30H27N3O3. The quantitative estimate of drug-likeness (QED) is 0.277. The van der Waals surface area contributed by atoms with E-state index in [0.717, 1.165) is 16.7 Å². The van der Waals surface area contributed by atoms with Crippen molar-refractivity contribution < 1.29 is 14.3 Å². The predicted molar refractivity (Wildman–Crippen MR) is 142 cm³/mol. The molecule has 4 rings (SSSR count). The van der Waals surface area contributed by atoms with E-state index in [1.807, 2.05) is 80.6 Å². The number of nitriles is 1. The Kier molecular flexibility index (Phi) is 7.62. The predicted octanol–water partition coefficient (Wildman–Crippen LogP) is 6.07. The van der Waals surface area contributed by atoms with E-state index in [1.54, 1.807) is 12.1 Å². The number of carbonyl (C=O) groups excluding carboxylic acids is 1. The lowest BCUT2D eigenvalue weighted by Gasteiger charge is -2.17. The Balaban J connectivity index is 1.69. The van der Waals surface area contributed by atoms with Crippen molar-refractivity contribution in [1.29, 1.82) is 5.26 Å². The molecule has 0 N–H and O–H groups in total. The van der Waals surface area contributed by atoms with E-state index in [1.165, 1.54) is 5.01 Å². The van der Waals surface area contributed by atoms with Gasteiger partial charge in [0.05, 0.1) is 35.2 Å². The molecule has 0 saturated heterocycles. The summed E-state index contributed by atoms with van der Waals surface area (Å²) in [6, 6.07) is 22.7. The first-order valence-corrected chi connectivity index (χ1v) is 11.7. The molecule has 0 radical (unpaired) electrons. The van der Waals surface area contributed by atoms with Crippen LogP contribution in [-0.4, -0.2) is 18.2 Å². The van der Waals surface area contributed by atoms with E-state index < -0.39 is 0 Å². The number of anilines is 1. The number of benzene rings is 3. The van der Waals surface area contributed by atoms with Crippen LogP contribution in [0.2, 0.25) is 0 Å². The summed E-state index contributed by atoms with van der Waals surface area (Å²) in [6.45, 7) is 8.28. The van der Waals surface area contributed by atoms with Crippen LogP contribution in [0.1, 0.15) is 36.1 Å². The summed E-state index contributed by atoms with van der Waals surface area (Å²) in [4.78, 5) is 13.2. The van der Waals surface area contributed by atoms with Crippen LogP contribution in [0.3, 0.4) is 0 Å². The van der Waals surface area contributed by atoms with Gasteiger partial charge < -0.3 is 9.47 Å². The Labute approximate surface area is 211 Å². The highest BCUT2D eigenvalue weighted by atomic mass is 16.5. The third-order valence-electron chi connectivity index (χ3n) is 5.70. The third kappa shape index (κ3) is 5.21. The van der Waals surface area contributed by atoms with E-state index in [2.05, 4.69) is 17.7 Å². The van der Waals surface area contributed by atoms with Crippen LogP contribution < -0.4 is 14.5 Å². The number of hydrazone groups is 1. The monoisotopic (exact) mass is 477 g/mol. The highest BCUT2D eigenvalue weighted by Gasteiger charge is 2.28. The molecule has 0 bridgehead atoms. The average molecular weight is 478 g/mol. The molecular weight excluding hydrogens is 450 g/mol. The molecule has 0 aliphatic carbocycles. The van der Waals surface area contributed by atoms with Gasteiger partial charge >= 0.3 is 0 Å². The van der Waals surface area contributed by atoms with Gasteiger partial charge in [-0.05, 0) is 62.2 Å². The van der Waals surface area contributed by atoms with Gasteiger partial charge in [-0.15, -0.1) is 6.58 Å². The van der Waals surface area contributed by atoms with Crippen LogP contribution in [0.25, 0.3) is 6.08 Å². The third-order valence-corrected chi connectivity index (χ3v) is 5.70. The number of hydrogen-bond donors (Lipinski definition) is 0. The van der Waals surface area contributed by atoms with Gasteiger partial charge in [-0.2, -0.15) is 15.4 Å². The van der Waals surface area contributed by atoms with E-state index in [9.17, 15) is 10.1 Å². The Morgan fingerprint density at radius 1 is 1.06 bits per heavy atom. The largest absolute Gasteiger partial charge is 0.490 e. The fraction of sp³-hybridized carbons (Fsp3) is 0.167. The highest BCUT2D eigenvalue weighted by molar-refractivity contribution is 6.32. The zero-order chi connectivity index (χ0) is 25.5. The van der Waals surface area contributed by atoms with Crippen LogP contribution in [0, 0.1) is 11.3 Å². The molecule has 1 heterocycles. The number of nitrogens with zero attached hydrogens (tertiary/aromatic N) is 3. The second kappa shape index (κ2) is 11.2. The van der Waals surface area contributed by atoms with Gasteiger partial charge in [0.2, 0.25) is 0 Å². The van der Waals surface area contributed by atoms with Crippen LogP contribution in [0.15, 0.2) is 90.1 Å². The summed E-state index contributed by atoms with van der Waals surface area (Å²) >= 11 is 0. The van der Waals surface area contributed by atoms with Crippen LogP contribution in [-0.2, 0) is 17.8 Å². The molecule has 0 unspecified atom stereocenters.